The summed E-state index contributed by atoms with van der Waals surface area (Å²) in [6.07, 6.45) is 16.3. The van der Waals surface area contributed by atoms with Crippen molar-refractivity contribution in [3.8, 4) is 0 Å². The van der Waals surface area contributed by atoms with E-state index < -0.39 is 0 Å². The summed E-state index contributed by atoms with van der Waals surface area (Å²) in [6.45, 7) is 5.58. The molecule has 0 unspecified atom stereocenters. The van der Waals surface area contributed by atoms with E-state index in [1.165, 1.54) is 77.0 Å². The van der Waals surface area contributed by atoms with Crippen molar-refractivity contribution in [3.63, 3.8) is 0 Å². The van der Waals surface area contributed by atoms with Gasteiger partial charge in [-0.05, 0) is 25.7 Å². The Morgan fingerprint density at radius 2 is 1.41 bits per heavy atom. The summed E-state index contributed by atoms with van der Waals surface area (Å²) in [5.41, 5.74) is 0.293. The molecular weight excluding hydrogens is 208 g/mol. The summed E-state index contributed by atoms with van der Waals surface area (Å²) >= 11 is 0. The average molecular weight is 240 g/mol. The first-order valence-electron chi connectivity index (χ1n) is 7.97. The molecule has 1 fully saturated rings. The quantitative estimate of drug-likeness (QED) is 0.460. The molecule has 1 nitrogen and oxygen atoms in total. The molecular formula is C16H32O. The van der Waals surface area contributed by atoms with E-state index in [0.29, 0.717) is 5.60 Å². The van der Waals surface area contributed by atoms with Crippen LogP contribution in [-0.2, 0) is 4.74 Å². The van der Waals surface area contributed by atoms with Gasteiger partial charge < -0.3 is 4.74 Å². The van der Waals surface area contributed by atoms with Crippen LogP contribution < -0.4 is 0 Å². The third-order valence-electron chi connectivity index (χ3n) is 4.16. The second kappa shape index (κ2) is 8.97. The van der Waals surface area contributed by atoms with Crippen LogP contribution in [0.15, 0.2) is 0 Å². The summed E-state index contributed by atoms with van der Waals surface area (Å²) in [5, 5.41) is 0. The SMILES string of the molecule is CCCCCCC1(CCCCCC)CCCO1. The molecule has 0 amide bonds. The number of ether oxygens (including phenoxy) is 1. The van der Waals surface area contributed by atoms with Crippen molar-refractivity contribution < 1.29 is 4.74 Å². The smallest absolute Gasteiger partial charge is 0.0683 e. The van der Waals surface area contributed by atoms with Gasteiger partial charge in [0.1, 0.15) is 0 Å². The lowest BCUT2D eigenvalue weighted by Crippen LogP contribution is -2.27. The van der Waals surface area contributed by atoms with Gasteiger partial charge >= 0.3 is 0 Å². The second-order valence-electron chi connectivity index (χ2n) is 5.76. The van der Waals surface area contributed by atoms with Gasteiger partial charge in [0.2, 0.25) is 0 Å². The minimum atomic E-state index is 0.293. The van der Waals surface area contributed by atoms with Gasteiger partial charge in [-0.3, -0.25) is 0 Å². The van der Waals surface area contributed by atoms with Gasteiger partial charge in [-0.15, -0.1) is 0 Å². The zero-order valence-electron chi connectivity index (χ0n) is 12.1. The van der Waals surface area contributed by atoms with E-state index >= 15 is 0 Å². The zero-order valence-corrected chi connectivity index (χ0v) is 12.1. The molecule has 0 radical (unpaired) electrons. The van der Waals surface area contributed by atoms with Gasteiger partial charge in [0.15, 0.2) is 0 Å². The van der Waals surface area contributed by atoms with Crippen LogP contribution in [0.25, 0.3) is 0 Å². The van der Waals surface area contributed by atoms with Gasteiger partial charge in [-0.1, -0.05) is 65.2 Å². The van der Waals surface area contributed by atoms with Gasteiger partial charge in [0, 0.05) is 6.61 Å². The Kier molecular flexibility index (Phi) is 7.92. The predicted molar refractivity (Wildman–Crippen MR) is 75.4 cm³/mol. The molecule has 0 saturated carbocycles. The minimum absolute atomic E-state index is 0.293. The van der Waals surface area contributed by atoms with Crippen molar-refractivity contribution in [1.29, 1.82) is 0 Å². The monoisotopic (exact) mass is 240 g/mol. The van der Waals surface area contributed by atoms with Crippen LogP contribution >= 0.6 is 0 Å². The maximum Gasteiger partial charge on any atom is 0.0683 e. The molecule has 1 heterocycles. The Labute approximate surface area is 108 Å². The normalized spacial score (nSPS) is 18.7. The zero-order chi connectivity index (χ0) is 12.4. The molecule has 0 spiro atoms. The lowest BCUT2D eigenvalue weighted by atomic mass is 9.87. The van der Waals surface area contributed by atoms with Crippen LogP contribution in [0.1, 0.15) is 90.9 Å². The summed E-state index contributed by atoms with van der Waals surface area (Å²) in [6, 6.07) is 0. The van der Waals surface area contributed by atoms with Gasteiger partial charge in [0.25, 0.3) is 0 Å². The number of rotatable bonds is 10. The molecule has 0 aromatic carbocycles. The molecule has 0 atom stereocenters. The molecule has 0 aromatic heterocycles. The standard InChI is InChI=1S/C16H32O/c1-3-5-7-9-12-16(14-11-15-17-16)13-10-8-6-4-2/h3-15H2,1-2H3. The van der Waals surface area contributed by atoms with Crippen molar-refractivity contribution in [1.82, 2.24) is 0 Å². The van der Waals surface area contributed by atoms with Crippen molar-refractivity contribution in [2.75, 3.05) is 6.61 Å². The molecule has 1 rings (SSSR count). The van der Waals surface area contributed by atoms with E-state index in [2.05, 4.69) is 13.8 Å². The first-order chi connectivity index (χ1) is 8.33. The van der Waals surface area contributed by atoms with Crippen LogP contribution in [0.4, 0.5) is 0 Å². The van der Waals surface area contributed by atoms with E-state index in [1.807, 2.05) is 0 Å². The fraction of sp³-hybridized carbons (Fsp3) is 1.00. The Hall–Kier alpha value is -0.0400. The highest BCUT2D eigenvalue weighted by atomic mass is 16.5. The van der Waals surface area contributed by atoms with Crippen LogP contribution in [0, 0.1) is 0 Å². The molecule has 0 N–H and O–H groups in total. The topological polar surface area (TPSA) is 9.23 Å². The Morgan fingerprint density at radius 1 is 0.824 bits per heavy atom. The molecule has 0 aliphatic carbocycles. The van der Waals surface area contributed by atoms with Gasteiger partial charge in [-0.2, -0.15) is 0 Å². The van der Waals surface area contributed by atoms with Crippen LogP contribution in [0.3, 0.4) is 0 Å². The van der Waals surface area contributed by atoms with Crippen LogP contribution in [0.2, 0.25) is 0 Å². The fourth-order valence-corrected chi connectivity index (χ4v) is 3.02. The lowest BCUT2D eigenvalue weighted by molar-refractivity contribution is -0.0134. The summed E-state index contributed by atoms with van der Waals surface area (Å²) in [5.74, 6) is 0. The molecule has 1 aliphatic heterocycles. The third-order valence-corrected chi connectivity index (χ3v) is 4.16. The number of hydrogen-bond acceptors (Lipinski definition) is 1. The molecule has 17 heavy (non-hydrogen) atoms. The molecule has 0 aromatic rings. The highest BCUT2D eigenvalue weighted by molar-refractivity contribution is 4.84. The van der Waals surface area contributed by atoms with E-state index in [9.17, 15) is 0 Å². The largest absolute Gasteiger partial charge is 0.375 e. The van der Waals surface area contributed by atoms with E-state index in [-0.39, 0.29) is 0 Å². The molecule has 1 aliphatic rings. The first-order valence-corrected chi connectivity index (χ1v) is 7.97. The Bertz CT molecular complexity index is 156. The second-order valence-corrected chi connectivity index (χ2v) is 5.76. The lowest BCUT2D eigenvalue weighted by Gasteiger charge is -2.28. The van der Waals surface area contributed by atoms with Crippen molar-refractivity contribution >= 4 is 0 Å². The number of unbranched alkanes of at least 4 members (excludes halogenated alkanes) is 6. The maximum absolute atomic E-state index is 6.10. The maximum atomic E-state index is 6.10. The van der Waals surface area contributed by atoms with Crippen LogP contribution in [0.5, 0.6) is 0 Å². The van der Waals surface area contributed by atoms with E-state index in [1.54, 1.807) is 0 Å². The van der Waals surface area contributed by atoms with Gasteiger partial charge in [0.05, 0.1) is 5.60 Å². The minimum Gasteiger partial charge on any atom is -0.375 e. The van der Waals surface area contributed by atoms with Crippen molar-refractivity contribution in [3.05, 3.63) is 0 Å². The summed E-state index contributed by atoms with van der Waals surface area (Å²) < 4.78 is 6.10. The fourth-order valence-electron chi connectivity index (χ4n) is 3.02. The van der Waals surface area contributed by atoms with Crippen molar-refractivity contribution in [2.45, 2.75) is 96.5 Å². The number of hydrogen-bond donors (Lipinski definition) is 0. The third kappa shape index (κ3) is 5.90. The molecule has 0 bridgehead atoms. The van der Waals surface area contributed by atoms with E-state index in [0.717, 1.165) is 6.61 Å². The predicted octanol–water partition coefficient (Wildman–Crippen LogP) is 5.48. The summed E-state index contributed by atoms with van der Waals surface area (Å²) in [7, 11) is 0. The van der Waals surface area contributed by atoms with E-state index in [4.69, 9.17) is 4.74 Å². The first kappa shape index (κ1) is 15.0. The molecule has 1 heteroatoms. The van der Waals surface area contributed by atoms with Crippen molar-refractivity contribution in [2.24, 2.45) is 0 Å². The highest BCUT2D eigenvalue weighted by Crippen LogP contribution is 2.35. The van der Waals surface area contributed by atoms with Crippen LogP contribution in [-0.4, -0.2) is 12.2 Å². The molecule has 102 valence electrons. The average Bonchev–Trinajstić information content (AvgIpc) is 2.80. The Morgan fingerprint density at radius 3 is 1.82 bits per heavy atom. The summed E-state index contributed by atoms with van der Waals surface area (Å²) in [4.78, 5) is 0. The molecule has 1 saturated heterocycles. The Balaban J connectivity index is 2.19. The van der Waals surface area contributed by atoms with Gasteiger partial charge in [-0.25, -0.2) is 0 Å². The highest BCUT2D eigenvalue weighted by Gasteiger charge is 2.33.